The summed E-state index contributed by atoms with van der Waals surface area (Å²) in [6, 6.07) is 0.373. The van der Waals surface area contributed by atoms with E-state index in [0.29, 0.717) is 12.6 Å². The summed E-state index contributed by atoms with van der Waals surface area (Å²) < 4.78 is 0. The zero-order valence-corrected chi connectivity index (χ0v) is 12.8. The van der Waals surface area contributed by atoms with Crippen molar-refractivity contribution in [2.75, 3.05) is 51.8 Å². The van der Waals surface area contributed by atoms with Gasteiger partial charge in [0.25, 0.3) is 0 Å². The number of thioether (sulfide) groups is 1. The molecule has 1 N–H and O–H groups in total. The molecule has 0 spiro atoms. The fourth-order valence-electron chi connectivity index (χ4n) is 2.26. The molecule has 4 nitrogen and oxygen atoms in total. The van der Waals surface area contributed by atoms with Gasteiger partial charge in [0, 0.05) is 31.9 Å². The molecule has 1 unspecified atom stereocenters. The monoisotopic (exact) mass is 273 g/mol. The Bertz CT molecular complexity index is 242. The maximum absolute atomic E-state index is 12.3. The quantitative estimate of drug-likeness (QED) is 0.779. The summed E-state index contributed by atoms with van der Waals surface area (Å²) in [6.45, 7) is 6.82. The summed E-state index contributed by atoms with van der Waals surface area (Å²) in [5, 5.41) is 3.36. The minimum absolute atomic E-state index is 0.262. The summed E-state index contributed by atoms with van der Waals surface area (Å²) in [5.41, 5.74) is 0. The van der Waals surface area contributed by atoms with Crippen LogP contribution in [0.15, 0.2) is 0 Å². The summed E-state index contributed by atoms with van der Waals surface area (Å²) in [4.78, 5) is 16.5. The van der Waals surface area contributed by atoms with Gasteiger partial charge in [-0.1, -0.05) is 6.92 Å². The molecule has 1 atom stereocenters. The molecule has 0 aromatic heterocycles. The lowest BCUT2D eigenvalue weighted by molar-refractivity contribution is -0.132. The van der Waals surface area contributed by atoms with Crippen LogP contribution >= 0.6 is 11.8 Å². The fraction of sp³-hybridized carbons (Fsp3) is 0.923. The highest BCUT2D eigenvalue weighted by molar-refractivity contribution is 7.98. The highest BCUT2D eigenvalue weighted by atomic mass is 32.2. The molecule has 0 radical (unpaired) electrons. The first-order chi connectivity index (χ1) is 8.69. The van der Waals surface area contributed by atoms with Crippen LogP contribution in [0, 0.1) is 0 Å². The van der Waals surface area contributed by atoms with Crippen molar-refractivity contribution in [2.45, 2.75) is 25.8 Å². The molecule has 1 heterocycles. The van der Waals surface area contributed by atoms with Gasteiger partial charge in [-0.3, -0.25) is 9.69 Å². The van der Waals surface area contributed by atoms with E-state index in [1.165, 1.54) is 0 Å². The number of hydrogen-bond donors (Lipinski definition) is 1. The standard InChI is InChI=1S/C13H27N3OS/c1-4-12(11-18-3)15(2)13(17)10-16-8-5-6-14-7-9-16/h12,14H,4-11H2,1-3H3. The number of carbonyl (C=O) groups excluding carboxylic acids is 1. The van der Waals surface area contributed by atoms with E-state index in [1.54, 1.807) is 0 Å². The lowest BCUT2D eigenvalue weighted by Crippen LogP contribution is -2.45. The van der Waals surface area contributed by atoms with Crippen LogP contribution in [-0.4, -0.2) is 73.5 Å². The number of likely N-dealkylation sites (N-methyl/N-ethyl adjacent to an activating group) is 1. The van der Waals surface area contributed by atoms with E-state index in [9.17, 15) is 4.79 Å². The van der Waals surface area contributed by atoms with Crippen LogP contribution < -0.4 is 5.32 Å². The van der Waals surface area contributed by atoms with E-state index in [1.807, 2.05) is 23.7 Å². The Kier molecular flexibility index (Phi) is 7.70. The molecule has 5 heteroatoms. The van der Waals surface area contributed by atoms with Crippen LogP contribution in [0.1, 0.15) is 19.8 Å². The first-order valence-electron chi connectivity index (χ1n) is 6.86. The summed E-state index contributed by atoms with van der Waals surface area (Å²) in [6.07, 6.45) is 4.27. The van der Waals surface area contributed by atoms with Gasteiger partial charge in [-0.15, -0.1) is 0 Å². The third kappa shape index (κ3) is 5.16. The van der Waals surface area contributed by atoms with Crippen molar-refractivity contribution in [1.82, 2.24) is 15.1 Å². The van der Waals surface area contributed by atoms with Crippen molar-refractivity contribution in [3.63, 3.8) is 0 Å². The van der Waals surface area contributed by atoms with Crippen molar-refractivity contribution in [2.24, 2.45) is 0 Å². The van der Waals surface area contributed by atoms with Gasteiger partial charge in [-0.05, 0) is 32.2 Å². The Morgan fingerprint density at radius 1 is 1.44 bits per heavy atom. The minimum Gasteiger partial charge on any atom is -0.341 e. The van der Waals surface area contributed by atoms with Crippen molar-refractivity contribution < 1.29 is 4.79 Å². The second-order valence-electron chi connectivity index (χ2n) is 4.90. The van der Waals surface area contributed by atoms with Crippen LogP contribution in [0.4, 0.5) is 0 Å². The van der Waals surface area contributed by atoms with Crippen LogP contribution in [0.3, 0.4) is 0 Å². The van der Waals surface area contributed by atoms with Gasteiger partial charge in [0.1, 0.15) is 0 Å². The Labute approximate surface area is 115 Å². The summed E-state index contributed by atoms with van der Waals surface area (Å²) in [5.74, 6) is 1.29. The van der Waals surface area contributed by atoms with E-state index < -0.39 is 0 Å². The lowest BCUT2D eigenvalue weighted by Gasteiger charge is -2.29. The van der Waals surface area contributed by atoms with E-state index >= 15 is 0 Å². The van der Waals surface area contributed by atoms with Gasteiger partial charge in [0.15, 0.2) is 0 Å². The zero-order chi connectivity index (χ0) is 13.4. The van der Waals surface area contributed by atoms with Crippen LogP contribution in [-0.2, 0) is 4.79 Å². The Morgan fingerprint density at radius 3 is 2.89 bits per heavy atom. The molecule has 0 aliphatic carbocycles. The minimum atomic E-state index is 0.262. The average Bonchev–Trinajstić information content (AvgIpc) is 2.63. The normalized spacial score (nSPS) is 19.3. The average molecular weight is 273 g/mol. The maximum Gasteiger partial charge on any atom is 0.236 e. The zero-order valence-electron chi connectivity index (χ0n) is 11.9. The topological polar surface area (TPSA) is 35.6 Å². The molecule has 1 amide bonds. The third-order valence-corrected chi connectivity index (χ3v) is 4.28. The van der Waals surface area contributed by atoms with Crippen molar-refractivity contribution in [3.05, 3.63) is 0 Å². The second-order valence-corrected chi connectivity index (χ2v) is 5.81. The Balaban J connectivity index is 2.41. The van der Waals surface area contributed by atoms with Crippen LogP contribution in [0.25, 0.3) is 0 Å². The molecule has 0 aromatic rings. The maximum atomic E-state index is 12.3. The largest absolute Gasteiger partial charge is 0.341 e. The molecular weight excluding hydrogens is 246 g/mol. The van der Waals surface area contributed by atoms with Gasteiger partial charge < -0.3 is 10.2 Å². The van der Waals surface area contributed by atoms with Crippen LogP contribution in [0.5, 0.6) is 0 Å². The van der Waals surface area contributed by atoms with Crippen molar-refractivity contribution in [3.8, 4) is 0 Å². The molecule has 1 rings (SSSR count). The molecule has 18 heavy (non-hydrogen) atoms. The molecular formula is C13H27N3OS. The van der Waals surface area contributed by atoms with Crippen molar-refractivity contribution >= 4 is 17.7 Å². The smallest absolute Gasteiger partial charge is 0.236 e. The molecule has 0 saturated carbocycles. The van der Waals surface area contributed by atoms with Gasteiger partial charge in [-0.25, -0.2) is 0 Å². The molecule has 1 fully saturated rings. The molecule has 1 aliphatic heterocycles. The first-order valence-corrected chi connectivity index (χ1v) is 8.26. The van der Waals surface area contributed by atoms with Crippen molar-refractivity contribution in [1.29, 1.82) is 0 Å². The second kappa shape index (κ2) is 8.77. The number of hydrogen-bond acceptors (Lipinski definition) is 4. The number of nitrogens with one attached hydrogen (secondary N) is 1. The van der Waals surface area contributed by atoms with E-state index in [-0.39, 0.29) is 5.91 Å². The van der Waals surface area contributed by atoms with Gasteiger partial charge in [0.05, 0.1) is 6.54 Å². The van der Waals surface area contributed by atoms with E-state index in [2.05, 4.69) is 23.4 Å². The Morgan fingerprint density at radius 2 is 2.22 bits per heavy atom. The predicted octanol–water partition coefficient (Wildman–Crippen LogP) is 0.882. The molecule has 106 valence electrons. The number of rotatable bonds is 6. The molecule has 0 bridgehead atoms. The summed E-state index contributed by atoms with van der Waals surface area (Å²) in [7, 11) is 1.95. The van der Waals surface area contributed by atoms with Gasteiger partial charge in [-0.2, -0.15) is 11.8 Å². The first kappa shape index (κ1) is 15.8. The third-order valence-electron chi connectivity index (χ3n) is 3.56. The number of amides is 1. The highest BCUT2D eigenvalue weighted by Crippen LogP contribution is 2.09. The SMILES string of the molecule is CCC(CSC)N(C)C(=O)CN1CCCNCC1. The molecule has 0 aromatic carbocycles. The number of nitrogens with zero attached hydrogens (tertiary/aromatic N) is 2. The van der Waals surface area contributed by atoms with Gasteiger partial charge >= 0.3 is 0 Å². The van der Waals surface area contributed by atoms with E-state index in [0.717, 1.165) is 44.8 Å². The predicted molar refractivity (Wildman–Crippen MR) is 79.2 cm³/mol. The van der Waals surface area contributed by atoms with Crippen LogP contribution in [0.2, 0.25) is 0 Å². The molecule has 1 saturated heterocycles. The highest BCUT2D eigenvalue weighted by Gasteiger charge is 2.20. The lowest BCUT2D eigenvalue weighted by atomic mass is 10.2. The summed E-state index contributed by atoms with van der Waals surface area (Å²) >= 11 is 1.81. The Hall–Kier alpha value is -0.260. The molecule has 1 aliphatic rings. The van der Waals surface area contributed by atoms with E-state index in [4.69, 9.17) is 0 Å². The fourth-order valence-corrected chi connectivity index (χ4v) is 3.11. The van der Waals surface area contributed by atoms with Gasteiger partial charge in [0.2, 0.25) is 5.91 Å². The number of carbonyl (C=O) groups is 1.